The van der Waals surface area contributed by atoms with Crippen molar-refractivity contribution in [2.45, 2.75) is 0 Å². The molecule has 6 heteroatoms. The predicted molar refractivity (Wildman–Crippen MR) is 80.2 cm³/mol. The zero-order valence-electron chi connectivity index (χ0n) is 10.8. The highest BCUT2D eigenvalue weighted by Gasteiger charge is 2.06. The standard InChI is InChI=1S/C14H14ClN3O2/c1-20-13-9-5-4-8-12(13)16-14(19)18-17-11-7-3-2-6-10(11)15/h2-9,17H,1H3,(H2,16,18,19). The van der Waals surface area contributed by atoms with E-state index in [1.165, 1.54) is 0 Å². The average molecular weight is 292 g/mol. The summed E-state index contributed by atoms with van der Waals surface area (Å²) in [5.74, 6) is 0.584. The van der Waals surface area contributed by atoms with Crippen LogP contribution in [0.2, 0.25) is 5.02 Å². The van der Waals surface area contributed by atoms with Crippen molar-refractivity contribution in [3.8, 4) is 5.75 Å². The summed E-state index contributed by atoms with van der Waals surface area (Å²) in [7, 11) is 1.54. The molecule has 104 valence electrons. The molecule has 2 rings (SSSR count). The second-order valence-corrected chi connectivity index (χ2v) is 4.29. The highest BCUT2D eigenvalue weighted by atomic mass is 35.5. The van der Waals surface area contributed by atoms with Gasteiger partial charge in [-0.15, -0.1) is 0 Å². The number of carbonyl (C=O) groups excluding carboxylic acids is 1. The van der Waals surface area contributed by atoms with Crippen LogP contribution < -0.4 is 20.9 Å². The van der Waals surface area contributed by atoms with E-state index in [0.29, 0.717) is 22.1 Å². The van der Waals surface area contributed by atoms with Gasteiger partial charge in [-0.05, 0) is 24.3 Å². The number of hydrogen-bond donors (Lipinski definition) is 3. The lowest BCUT2D eigenvalue weighted by atomic mass is 10.3. The summed E-state index contributed by atoms with van der Waals surface area (Å²) < 4.78 is 5.14. The van der Waals surface area contributed by atoms with E-state index < -0.39 is 6.03 Å². The Morgan fingerprint density at radius 3 is 2.40 bits per heavy atom. The number of urea groups is 1. The zero-order valence-corrected chi connectivity index (χ0v) is 11.6. The zero-order chi connectivity index (χ0) is 14.4. The quantitative estimate of drug-likeness (QED) is 0.756. The number of ether oxygens (including phenoxy) is 1. The van der Waals surface area contributed by atoms with E-state index in [-0.39, 0.29) is 0 Å². The fraction of sp³-hybridized carbons (Fsp3) is 0.0714. The molecule has 2 amide bonds. The lowest BCUT2D eigenvalue weighted by Crippen LogP contribution is -2.33. The lowest BCUT2D eigenvalue weighted by molar-refractivity contribution is 0.253. The molecule has 0 aliphatic rings. The van der Waals surface area contributed by atoms with Gasteiger partial charge >= 0.3 is 6.03 Å². The SMILES string of the molecule is COc1ccccc1NC(=O)NNc1ccccc1Cl. The molecule has 0 heterocycles. The molecule has 0 unspecified atom stereocenters. The average Bonchev–Trinajstić information content (AvgIpc) is 2.47. The van der Waals surface area contributed by atoms with Crippen molar-refractivity contribution in [3.05, 3.63) is 53.6 Å². The van der Waals surface area contributed by atoms with Crippen LogP contribution in [-0.4, -0.2) is 13.1 Å². The first-order chi connectivity index (χ1) is 9.70. The number of amides is 2. The molecule has 0 spiro atoms. The maximum absolute atomic E-state index is 11.8. The van der Waals surface area contributed by atoms with Crippen molar-refractivity contribution >= 4 is 29.0 Å². The Labute approximate surface area is 121 Å². The molecule has 0 aliphatic carbocycles. The minimum absolute atomic E-state index is 0.422. The fourth-order valence-electron chi connectivity index (χ4n) is 1.59. The van der Waals surface area contributed by atoms with Gasteiger partial charge in [-0.25, -0.2) is 4.79 Å². The number of rotatable bonds is 4. The number of benzene rings is 2. The van der Waals surface area contributed by atoms with Crippen LogP contribution in [0.3, 0.4) is 0 Å². The minimum atomic E-state index is -0.422. The Bertz CT molecular complexity index is 604. The van der Waals surface area contributed by atoms with E-state index in [9.17, 15) is 4.79 Å². The molecular formula is C14H14ClN3O2. The van der Waals surface area contributed by atoms with Gasteiger partial charge in [-0.3, -0.25) is 10.9 Å². The van der Waals surface area contributed by atoms with Crippen LogP contribution in [-0.2, 0) is 0 Å². The van der Waals surface area contributed by atoms with Crippen LogP contribution in [0.25, 0.3) is 0 Å². The monoisotopic (exact) mass is 291 g/mol. The van der Waals surface area contributed by atoms with Gasteiger partial charge in [0.25, 0.3) is 0 Å². The highest BCUT2D eigenvalue weighted by molar-refractivity contribution is 6.33. The van der Waals surface area contributed by atoms with Crippen LogP contribution in [0.4, 0.5) is 16.2 Å². The number of carbonyl (C=O) groups is 1. The summed E-state index contributed by atoms with van der Waals surface area (Å²) in [5.41, 5.74) is 6.43. The van der Waals surface area contributed by atoms with E-state index >= 15 is 0 Å². The molecule has 0 radical (unpaired) electrons. The van der Waals surface area contributed by atoms with Crippen LogP contribution >= 0.6 is 11.6 Å². The van der Waals surface area contributed by atoms with Crippen molar-refractivity contribution in [2.24, 2.45) is 0 Å². The molecule has 0 saturated carbocycles. The lowest BCUT2D eigenvalue weighted by Gasteiger charge is -2.12. The van der Waals surface area contributed by atoms with Crippen LogP contribution in [0, 0.1) is 0 Å². The third-order valence-electron chi connectivity index (χ3n) is 2.54. The van der Waals surface area contributed by atoms with Gasteiger partial charge in [0, 0.05) is 0 Å². The first-order valence-corrected chi connectivity index (χ1v) is 6.29. The third kappa shape index (κ3) is 3.55. The molecule has 2 aromatic rings. The third-order valence-corrected chi connectivity index (χ3v) is 2.87. The number of methoxy groups -OCH3 is 1. The number of hydrogen-bond acceptors (Lipinski definition) is 3. The molecular weight excluding hydrogens is 278 g/mol. The molecule has 0 saturated heterocycles. The van der Waals surface area contributed by atoms with Gasteiger partial charge in [0.05, 0.1) is 23.5 Å². The largest absolute Gasteiger partial charge is 0.495 e. The molecule has 3 N–H and O–H groups in total. The molecule has 0 atom stereocenters. The van der Waals surface area contributed by atoms with Crippen LogP contribution in [0.15, 0.2) is 48.5 Å². The molecule has 0 aromatic heterocycles. The van der Waals surface area contributed by atoms with Gasteiger partial charge in [-0.1, -0.05) is 35.9 Å². The van der Waals surface area contributed by atoms with Crippen molar-refractivity contribution in [1.29, 1.82) is 0 Å². The predicted octanol–water partition coefficient (Wildman–Crippen LogP) is 3.50. The molecule has 0 aliphatic heterocycles. The van der Waals surface area contributed by atoms with Crippen LogP contribution in [0.1, 0.15) is 0 Å². The van der Waals surface area contributed by atoms with E-state index in [1.54, 1.807) is 37.4 Å². The van der Waals surface area contributed by atoms with Gasteiger partial charge < -0.3 is 10.1 Å². The number of halogens is 1. The van der Waals surface area contributed by atoms with E-state index in [1.807, 2.05) is 18.2 Å². The summed E-state index contributed by atoms with van der Waals surface area (Å²) in [6, 6.07) is 13.8. The summed E-state index contributed by atoms with van der Waals surface area (Å²) in [4.78, 5) is 11.8. The molecule has 20 heavy (non-hydrogen) atoms. The van der Waals surface area contributed by atoms with Gasteiger partial charge in [0.15, 0.2) is 0 Å². The Balaban J connectivity index is 1.95. The van der Waals surface area contributed by atoms with Gasteiger partial charge in [-0.2, -0.15) is 0 Å². The first kappa shape index (κ1) is 14.0. The second-order valence-electron chi connectivity index (χ2n) is 3.88. The fourth-order valence-corrected chi connectivity index (χ4v) is 1.77. The number of para-hydroxylation sites is 3. The second kappa shape index (κ2) is 6.68. The summed E-state index contributed by atoms with van der Waals surface area (Å²) in [6.07, 6.45) is 0. The van der Waals surface area contributed by atoms with Crippen molar-refractivity contribution in [3.63, 3.8) is 0 Å². The Morgan fingerprint density at radius 1 is 1.05 bits per heavy atom. The van der Waals surface area contributed by atoms with Gasteiger partial charge in [0.1, 0.15) is 5.75 Å². The Morgan fingerprint density at radius 2 is 1.70 bits per heavy atom. The molecule has 2 aromatic carbocycles. The first-order valence-electron chi connectivity index (χ1n) is 5.91. The summed E-state index contributed by atoms with van der Waals surface area (Å²) in [6.45, 7) is 0. The van der Waals surface area contributed by atoms with E-state index in [4.69, 9.17) is 16.3 Å². The Hall–Kier alpha value is -2.40. The smallest absolute Gasteiger partial charge is 0.337 e. The minimum Gasteiger partial charge on any atom is -0.495 e. The van der Waals surface area contributed by atoms with Crippen molar-refractivity contribution < 1.29 is 9.53 Å². The molecule has 0 fully saturated rings. The van der Waals surface area contributed by atoms with Gasteiger partial charge in [0.2, 0.25) is 0 Å². The maximum Gasteiger partial charge on any atom is 0.337 e. The normalized spacial score (nSPS) is 9.70. The number of nitrogens with one attached hydrogen (secondary N) is 3. The van der Waals surface area contributed by atoms with Crippen molar-refractivity contribution in [1.82, 2.24) is 5.43 Å². The van der Waals surface area contributed by atoms with E-state index in [0.717, 1.165) is 0 Å². The number of anilines is 2. The van der Waals surface area contributed by atoms with Crippen LogP contribution in [0.5, 0.6) is 5.75 Å². The topological polar surface area (TPSA) is 62.4 Å². The highest BCUT2D eigenvalue weighted by Crippen LogP contribution is 2.23. The van der Waals surface area contributed by atoms with Crippen molar-refractivity contribution in [2.75, 3.05) is 17.9 Å². The summed E-state index contributed by atoms with van der Waals surface area (Å²) in [5, 5.41) is 3.19. The Kier molecular flexibility index (Phi) is 4.68. The maximum atomic E-state index is 11.8. The summed E-state index contributed by atoms with van der Waals surface area (Å²) >= 11 is 5.96. The number of hydrazine groups is 1. The van der Waals surface area contributed by atoms with E-state index in [2.05, 4.69) is 16.2 Å². The molecule has 5 nitrogen and oxygen atoms in total. The molecule has 0 bridgehead atoms.